The summed E-state index contributed by atoms with van der Waals surface area (Å²) in [5.41, 5.74) is 7.87. The molecule has 6 heteroatoms. The van der Waals surface area contributed by atoms with Crippen LogP contribution in [0.5, 0.6) is 0 Å². The number of halogens is 1. The van der Waals surface area contributed by atoms with Crippen molar-refractivity contribution < 1.29 is 0 Å². The molecule has 0 bridgehead atoms. The van der Waals surface area contributed by atoms with Crippen molar-refractivity contribution in [3.63, 3.8) is 0 Å². The van der Waals surface area contributed by atoms with Crippen LogP contribution in [0.15, 0.2) is 10.7 Å². The Morgan fingerprint density at radius 2 is 2.31 bits per heavy atom. The van der Waals surface area contributed by atoms with Gasteiger partial charge in [0, 0.05) is 5.92 Å². The van der Waals surface area contributed by atoms with Crippen molar-refractivity contribution >= 4 is 27.4 Å². The molecule has 0 aliphatic heterocycles. The molecule has 2 N–H and O–H groups in total. The lowest BCUT2D eigenvalue weighted by molar-refractivity contribution is 0.887. The molecule has 0 radical (unpaired) electrons. The van der Waals surface area contributed by atoms with Crippen molar-refractivity contribution in [3.8, 4) is 6.07 Å². The minimum atomic E-state index is 0.347. The maximum Gasteiger partial charge on any atom is 0.172 e. The monoisotopic (exact) mass is 277 g/mol. The highest BCUT2D eigenvalue weighted by molar-refractivity contribution is 9.10. The van der Waals surface area contributed by atoms with E-state index in [1.165, 1.54) is 10.7 Å². The first-order valence-corrected chi connectivity index (χ1v) is 5.74. The van der Waals surface area contributed by atoms with Crippen molar-refractivity contribution in [2.45, 2.75) is 18.8 Å². The van der Waals surface area contributed by atoms with E-state index in [1.54, 1.807) is 0 Å². The van der Waals surface area contributed by atoms with Gasteiger partial charge in [-0.1, -0.05) is 0 Å². The maximum absolute atomic E-state index is 8.85. The SMILES string of the molecule is N#Cc1cnc2c(Br)c(C3CC3)nn2c1N. The highest BCUT2D eigenvalue weighted by atomic mass is 79.9. The first-order valence-electron chi connectivity index (χ1n) is 4.95. The van der Waals surface area contributed by atoms with Gasteiger partial charge in [-0.2, -0.15) is 14.9 Å². The van der Waals surface area contributed by atoms with E-state index < -0.39 is 0 Å². The summed E-state index contributed by atoms with van der Waals surface area (Å²) in [6.45, 7) is 0. The molecule has 1 aliphatic carbocycles. The zero-order valence-electron chi connectivity index (χ0n) is 8.31. The molecule has 2 aromatic rings. The Kier molecular flexibility index (Phi) is 1.91. The van der Waals surface area contributed by atoms with Crippen LogP contribution in [0.25, 0.3) is 5.65 Å². The molecule has 2 aromatic heterocycles. The molecule has 16 heavy (non-hydrogen) atoms. The summed E-state index contributed by atoms with van der Waals surface area (Å²) >= 11 is 3.49. The molecular formula is C10H8BrN5. The first kappa shape index (κ1) is 9.60. The molecule has 1 aliphatic rings. The third-order valence-corrected chi connectivity index (χ3v) is 3.50. The van der Waals surface area contributed by atoms with Crippen LogP contribution in [-0.4, -0.2) is 14.6 Å². The van der Waals surface area contributed by atoms with E-state index in [4.69, 9.17) is 11.0 Å². The Balaban J connectivity index is 2.33. The lowest BCUT2D eigenvalue weighted by Crippen LogP contribution is -2.03. The number of rotatable bonds is 1. The first-order chi connectivity index (χ1) is 7.72. The fourth-order valence-electron chi connectivity index (χ4n) is 1.70. The van der Waals surface area contributed by atoms with Crippen LogP contribution >= 0.6 is 15.9 Å². The summed E-state index contributed by atoms with van der Waals surface area (Å²) in [4.78, 5) is 4.19. The third-order valence-electron chi connectivity index (χ3n) is 2.73. The second kappa shape index (κ2) is 3.19. The molecule has 2 heterocycles. The molecular weight excluding hydrogens is 270 g/mol. The average molecular weight is 278 g/mol. The van der Waals surface area contributed by atoms with E-state index >= 15 is 0 Å². The Labute approximate surface area is 100 Å². The van der Waals surface area contributed by atoms with Gasteiger partial charge < -0.3 is 5.73 Å². The molecule has 5 nitrogen and oxygen atoms in total. The van der Waals surface area contributed by atoms with Crippen LogP contribution < -0.4 is 5.73 Å². The number of nitriles is 1. The van der Waals surface area contributed by atoms with Crippen molar-refractivity contribution in [3.05, 3.63) is 21.9 Å². The number of nitrogens with two attached hydrogens (primary N) is 1. The second-order valence-corrected chi connectivity index (χ2v) is 4.67. The lowest BCUT2D eigenvalue weighted by Gasteiger charge is -1.99. The second-order valence-electron chi connectivity index (χ2n) is 3.88. The molecule has 1 fully saturated rings. The highest BCUT2D eigenvalue weighted by Crippen LogP contribution is 2.43. The number of hydrogen-bond donors (Lipinski definition) is 1. The highest BCUT2D eigenvalue weighted by Gasteiger charge is 2.30. The van der Waals surface area contributed by atoms with E-state index in [0.29, 0.717) is 22.9 Å². The van der Waals surface area contributed by atoms with Crippen LogP contribution in [0.3, 0.4) is 0 Å². The van der Waals surface area contributed by atoms with Gasteiger partial charge in [-0.25, -0.2) is 4.98 Å². The van der Waals surface area contributed by atoms with Crippen LogP contribution in [0.2, 0.25) is 0 Å². The van der Waals surface area contributed by atoms with Gasteiger partial charge in [-0.3, -0.25) is 0 Å². The smallest absolute Gasteiger partial charge is 0.172 e. The number of fused-ring (bicyclic) bond motifs is 1. The fourth-order valence-corrected chi connectivity index (χ4v) is 2.37. The molecule has 1 saturated carbocycles. The summed E-state index contributed by atoms with van der Waals surface area (Å²) in [5, 5.41) is 13.3. The fraction of sp³-hybridized carbons (Fsp3) is 0.300. The van der Waals surface area contributed by atoms with Crippen molar-refractivity contribution in [1.29, 1.82) is 5.26 Å². The van der Waals surface area contributed by atoms with Gasteiger partial charge in [-0.15, -0.1) is 0 Å². The van der Waals surface area contributed by atoms with Gasteiger partial charge in [0.2, 0.25) is 0 Å². The number of hydrogen-bond acceptors (Lipinski definition) is 4. The van der Waals surface area contributed by atoms with Crippen LogP contribution in [0.4, 0.5) is 5.82 Å². The van der Waals surface area contributed by atoms with Gasteiger partial charge in [0.05, 0.1) is 16.4 Å². The van der Waals surface area contributed by atoms with E-state index in [1.807, 2.05) is 6.07 Å². The van der Waals surface area contributed by atoms with Gasteiger partial charge in [0.25, 0.3) is 0 Å². The summed E-state index contributed by atoms with van der Waals surface area (Å²) in [7, 11) is 0. The maximum atomic E-state index is 8.85. The zero-order valence-corrected chi connectivity index (χ0v) is 9.90. The van der Waals surface area contributed by atoms with Gasteiger partial charge >= 0.3 is 0 Å². The number of aromatic nitrogens is 3. The molecule has 0 aromatic carbocycles. The molecule has 0 spiro atoms. The topological polar surface area (TPSA) is 80.0 Å². The summed E-state index contributed by atoms with van der Waals surface area (Å²) in [6.07, 6.45) is 3.80. The predicted octanol–water partition coefficient (Wildman–Crippen LogP) is 1.82. The van der Waals surface area contributed by atoms with E-state index in [9.17, 15) is 0 Å². The third kappa shape index (κ3) is 1.21. The van der Waals surface area contributed by atoms with Crippen LogP contribution in [-0.2, 0) is 0 Å². The normalized spacial score (nSPS) is 15.2. The van der Waals surface area contributed by atoms with Crippen molar-refractivity contribution in [1.82, 2.24) is 14.6 Å². The predicted molar refractivity (Wildman–Crippen MR) is 61.8 cm³/mol. The van der Waals surface area contributed by atoms with E-state index in [-0.39, 0.29) is 0 Å². The Morgan fingerprint density at radius 3 is 2.94 bits per heavy atom. The molecule has 0 unspecified atom stereocenters. The van der Waals surface area contributed by atoms with E-state index in [0.717, 1.165) is 23.0 Å². The molecule has 0 saturated heterocycles. The minimum absolute atomic E-state index is 0.347. The molecule has 3 rings (SSSR count). The summed E-state index contributed by atoms with van der Waals surface area (Å²) in [6, 6.07) is 2.00. The van der Waals surface area contributed by atoms with Crippen molar-refractivity contribution in [2.75, 3.05) is 5.73 Å². The van der Waals surface area contributed by atoms with Gasteiger partial charge in [0.15, 0.2) is 5.65 Å². The van der Waals surface area contributed by atoms with Gasteiger partial charge in [0.1, 0.15) is 17.5 Å². The number of nitrogen functional groups attached to an aromatic ring is 1. The minimum Gasteiger partial charge on any atom is -0.382 e. The molecule has 80 valence electrons. The van der Waals surface area contributed by atoms with E-state index in [2.05, 4.69) is 26.0 Å². The lowest BCUT2D eigenvalue weighted by atomic mass is 10.3. The van der Waals surface area contributed by atoms with Crippen LogP contribution in [0, 0.1) is 11.3 Å². The summed E-state index contributed by atoms with van der Waals surface area (Å²) in [5.74, 6) is 0.862. The number of nitrogens with zero attached hydrogens (tertiary/aromatic N) is 4. The average Bonchev–Trinajstić information content (AvgIpc) is 3.06. The quantitative estimate of drug-likeness (QED) is 0.862. The molecule has 0 amide bonds. The Morgan fingerprint density at radius 1 is 1.56 bits per heavy atom. The van der Waals surface area contributed by atoms with Crippen LogP contribution in [0.1, 0.15) is 30.0 Å². The Bertz CT molecular complexity index is 620. The summed E-state index contributed by atoms with van der Waals surface area (Å²) < 4.78 is 2.43. The van der Waals surface area contributed by atoms with Crippen molar-refractivity contribution in [2.24, 2.45) is 0 Å². The standard InChI is InChI=1S/C10H8BrN5/c11-7-8(5-1-2-5)15-16-9(13)6(3-12)4-14-10(7)16/h4-5H,1-2,13H2. The van der Waals surface area contributed by atoms with Gasteiger partial charge in [-0.05, 0) is 28.8 Å². The largest absolute Gasteiger partial charge is 0.382 e. The number of anilines is 1. The molecule has 0 atom stereocenters. The zero-order chi connectivity index (χ0) is 11.3. The Hall–Kier alpha value is -1.61.